The molecule has 0 unspecified atom stereocenters. The Bertz CT molecular complexity index is 986. The lowest BCUT2D eigenvalue weighted by Crippen LogP contribution is -2.50. The predicted octanol–water partition coefficient (Wildman–Crippen LogP) is 4.38. The second kappa shape index (κ2) is 8.78. The summed E-state index contributed by atoms with van der Waals surface area (Å²) in [6.45, 7) is 0.953. The first-order valence-corrected chi connectivity index (χ1v) is 11.3. The molecule has 0 saturated carbocycles. The molecule has 1 amide bonds. The van der Waals surface area contributed by atoms with E-state index in [0.29, 0.717) is 15.6 Å². The minimum Gasteiger partial charge on any atom is -0.340 e. The van der Waals surface area contributed by atoms with Crippen molar-refractivity contribution in [1.82, 2.24) is 9.21 Å². The lowest BCUT2D eigenvalue weighted by Gasteiger charge is -2.34. The van der Waals surface area contributed by atoms with Crippen LogP contribution in [-0.4, -0.2) is 49.7 Å². The Morgan fingerprint density at radius 3 is 2.04 bits per heavy atom. The molecule has 1 aliphatic rings. The van der Waals surface area contributed by atoms with E-state index in [2.05, 4.69) is 0 Å². The third-order valence-electron chi connectivity index (χ3n) is 4.42. The fraction of sp³-hybridized carbons (Fsp3) is 0.278. The number of benzene rings is 2. The Balaban J connectivity index is 1.65. The smallest absolute Gasteiger partial charge is 0.243 e. The molecule has 28 heavy (non-hydrogen) atoms. The van der Waals surface area contributed by atoms with Crippen molar-refractivity contribution in [2.24, 2.45) is 0 Å². The van der Waals surface area contributed by atoms with E-state index in [1.54, 1.807) is 23.1 Å². The molecule has 1 heterocycles. The average molecular weight is 482 g/mol. The molecule has 0 spiro atoms. The topological polar surface area (TPSA) is 57.7 Å². The van der Waals surface area contributed by atoms with E-state index in [-0.39, 0.29) is 53.4 Å². The standard InChI is InChI=1S/C18H16Cl4N2O3S/c19-13-2-1-12(17(22)11-13)7-18(25)23-3-5-24(6-4-23)28(26,27)16-9-14(20)8-15(21)10-16/h1-2,8-11H,3-7H2. The van der Waals surface area contributed by atoms with Gasteiger partial charge in [-0.2, -0.15) is 4.31 Å². The molecule has 2 aromatic carbocycles. The van der Waals surface area contributed by atoms with Crippen LogP contribution in [0.5, 0.6) is 0 Å². The van der Waals surface area contributed by atoms with Gasteiger partial charge in [0.2, 0.25) is 15.9 Å². The van der Waals surface area contributed by atoms with Crippen LogP contribution < -0.4 is 0 Å². The van der Waals surface area contributed by atoms with E-state index < -0.39 is 10.0 Å². The van der Waals surface area contributed by atoms with Crippen molar-refractivity contribution in [2.45, 2.75) is 11.3 Å². The van der Waals surface area contributed by atoms with Crippen molar-refractivity contribution < 1.29 is 13.2 Å². The van der Waals surface area contributed by atoms with Gasteiger partial charge in [-0.15, -0.1) is 0 Å². The lowest BCUT2D eigenvalue weighted by molar-refractivity contribution is -0.131. The molecule has 0 aromatic heterocycles. The molecule has 5 nitrogen and oxygen atoms in total. The molecule has 0 atom stereocenters. The summed E-state index contributed by atoms with van der Waals surface area (Å²) in [5.41, 5.74) is 0.680. The second-order valence-electron chi connectivity index (χ2n) is 6.30. The van der Waals surface area contributed by atoms with Crippen LogP contribution in [0.4, 0.5) is 0 Å². The Kier molecular flexibility index (Phi) is 6.80. The van der Waals surface area contributed by atoms with Crippen LogP contribution in [0.25, 0.3) is 0 Å². The molecule has 3 rings (SSSR count). The zero-order valence-electron chi connectivity index (χ0n) is 14.5. The van der Waals surface area contributed by atoms with Gasteiger partial charge >= 0.3 is 0 Å². The second-order valence-corrected chi connectivity index (χ2v) is 9.96. The van der Waals surface area contributed by atoms with Crippen molar-refractivity contribution in [2.75, 3.05) is 26.2 Å². The summed E-state index contributed by atoms with van der Waals surface area (Å²) >= 11 is 23.8. The number of hydrogen-bond donors (Lipinski definition) is 0. The summed E-state index contributed by atoms with van der Waals surface area (Å²) in [7, 11) is -3.74. The largest absolute Gasteiger partial charge is 0.340 e. The van der Waals surface area contributed by atoms with Crippen LogP contribution in [0.2, 0.25) is 20.1 Å². The van der Waals surface area contributed by atoms with Crippen molar-refractivity contribution in [3.05, 3.63) is 62.1 Å². The number of amides is 1. The highest BCUT2D eigenvalue weighted by atomic mass is 35.5. The number of carbonyl (C=O) groups is 1. The van der Waals surface area contributed by atoms with Gasteiger partial charge in [0, 0.05) is 46.3 Å². The van der Waals surface area contributed by atoms with Crippen LogP contribution >= 0.6 is 46.4 Å². The SMILES string of the molecule is O=C(Cc1ccc(Cl)cc1Cl)N1CCN(S(=O)(=O)c2cc(Cl)cc(Cl)c2)CC1. The molecule has 1 saturated heterocycles. The first-order valence-electron chi connectivity index (χ1n) is 8.35. The van der Waals surface area contributed by atoms with Crippen molar-refractivity contribution in [3.8, 4) is 0 Å². The summed E-state index contributed by atoms with van der Waals surface area (Å²) in [6.07, 6.45) is 0.132. The Morgan fingerprint density at radius 2 is 1.46 bits per heavy atom. The fourth-order valence-electron chi connectivity index (χ4n) is 2.94. The molecule has 2 aromatic rings. The molecule has 0 radical (unpaired) electrons. The van der Waals surface area contributed by atoms with E-state index in [1.165, 1.54) is 22.5 Å². The lowest BCUT2D eigenvalue weighted by atomic mass is 10.1. The summed E-state index contributed by atoms with van der Waals surface area (Å²) in [5.74, 6) is -0.118. The van der Waals surface area contributed by atoms with Gasteiger partial charge in [-0.1, -0.05) is 52.5 Å². The molecular weight excluding hydrogens is 466 g/mol. The first kappa shape index (κ1) is 21.7. The number of piperazine rings is 1. The van der Waals surface area contributed by atoms with Crippen LogP contribution in [0.15, 0.2) is 41.3 Å². The van der Waals surface area contributed by atoms with Gasteiger partial charge in [-0.3, -0.25) is 4.79 Å². The third kappa shape index (κ3) is 4.93. The normalized spacial score (nSPS) is 15.6. The predicted molar refractivity (Wildman–Crippen MR) is 112 cm³/mol. The molecular formula is C18H16Cl4N2O3S. The van der Waals surface area contributed by atoms with Crippen molar-refractivity contribution in [3.63, 3.8) is 0 Å². The molecule has 150 valence electrons. The van der Waals surface area contributed by atoms with Gasteiger partial charge in [0.05, 0.1) is 11.3 Å². The maximum Gasteiger partial charge on any atom is 0.243 e. The molecule has 0 N–H and O–H groups in total. The van der Waals surface area contributed by atoms with Gasteiger partial charge in [0.25, 0.3) is 0 Å². The van der Waals surface area contributed by atoms with Crippen LogP contribution in [-0.2, 0) is 21.2 Å². The van der Waals surface area contributed by atoms with Gasteiger partial charge < -0.3 is 4.90 Å². The van der Waals surface area contributed by atoms with E-state index in [9.17, 15) is 13.2 Å². The molecule has 0 aliphatic carbocycles. The number of nitrogens with zero attached hydrogens (tertiary/aromatic N) is 2. The summed E-state index contributed by atoms with van der Waals surface area (Å²) in [6, 6.07) is 9.18. The maximum absolute atomic E-state index is 12.8. The minimum atomic E-state index is -3.74. The highest BCUT2D eigenvalue weighted by molar-refractivity contribution is 7.89. The molecule has 10 heteroatoms. The maximum atomic E-state index is 12.8. The quantitative estimate of drug-likeness (QED) is 0.651. The van der Waals surface area contributed by atoms with E-state index >= 15 is 0 Å². The minimum absolute atomic E-state index is 0.0396. The van der Waals surface area contributed by atoms with Crippen molar-refractivity contribution in [1.29, 1.82) is 0 Å². The molecule has 0 bridgehead atoms. The molecule has 1 fully saturated rings. The van der Waals surface area contributed by atoms with E-state index in [0.717, 1.165) is 0 Å². The Morgan fingerprint density at radius 1 is 0.857 bits per heavy atom. The molecule has 1 aliphatic heterocycles. The van der Waals surface area contributed by atoms with Crippen LogP contribution in [0.3, 0.4) is 0 Å². The summed E-state index contributed by atoms with van der Waals surface area (Å²) < 4.78 is 26.9. The average Bonchev–Trinajstić information content (AvgIpc) is 2.63. The number of carbonyl (C=O) groups excluding carboxylic acids is 1. The zero-order valence-corrected chi connectivity index (χ0v) is 18.4. The van der Waals surface area contributed by atoms with E-state index in [4.69, 9.17) is 46.4 Å². The Labute approximate surface area is 183 Å². The van der Waals surface area contributed by atoms with Crippen LogP contribution in [0.1, 0.15) is 5.56 Å². The highest BCUT2D eigenvalue weighted by Gasteiger charge is 2.30. The van der Waals surface area contributed by atoms with Gasteiger partial charge in [-0.05, 0) is 35.9 Å². The monoisotopic (exact) mass is 480 g/mol. The van der Waals surface area contributed by atoms with Crippen LogP contribution in [0, 0.1) is 0 Å². The third-order valence-corrected chi connectivity index (χ3v) is 7.32. The zero-order chi connectivity index (χ0) is 20.5. The number of hydrogen-bond acceptors (Lipinski definition) is 3. The van der Waals surface area contributed by atoms with Gasteiger partial charge in [-0.25, -0.2) is 8.42 Å². The highest BCUT2D eigenvalue weighted by Crippen LogP contribution is 2.26. The number of rotatable bonds is 4. The number of halogens is 4. The summed E-state index contributed by atoms with van der Waals surface area (Å²) in [4.78, 5) is 14.2. The van der Waals surface area contributed by atoms with Gasteiger partial charge in [0.1, 0.15) is 0 Å². The van der Waals surface area contributed by atoms with Gasteiger partial charge in [0.15, 0.2) is 0 Å². The Hall–Kier alpha value is -1.02. The summed E-state index contributed by atoms with van der Waals surface area (Å²) in [5, 5.41) is 1.43. The fourth-order valence-corrected chi connectivity index (χ4v) is 5.57. The van der Waals surface area contributed by atoms with Crippen molar-refractivity contribution >= 4 is 62.3 Å². The number of sulfonamides is 1. The first-order chi connectivity index (χ1) is 13.2. The van der Waals surface area contributed by atoms with E-state index in [1.807, 2.05) is 0 Å².